The maximum Gasteiger partial charge on any atom is 0.238 e. The third kappa shape index (κ3) is 4.86. The van der Waals surface area contributed by atoms with Crippen LogP contribution in [0.1, 0.15) is 19.4 Å². The van der Waals surface area contributed by atoms with E-state index < -0.39 is 0 Å². The molecule has 0 radical (unpaired) electrons. The van der Waals surface area contributed by atoms with E-state index in [1.807, 2.05) is 56.4 Å². The van der Waals surface area contributed by atoms with Gasteiger partial charge >= 0.3 is 0 Å². The van der Waals surface area contributed by atoms with Crippen LogP contribution in [0.5, 0.6) is 5.75 Å². The van der Waals surface area contributed by atoms with Gasteiger partial charge in [0, 0.05) is 22.8 Å². The second kappa shape index (κ2) is 8.54. The Kier molecular flexibility index (Phi) is 5.92. The maximum absolute atomic E-state index is 12.0. The summed E-state index contributed by atoms with van der Waals surface area (Å²) in [6.45, 7) is 5.00. The Morgan fingerprint density at radius 3 is 2.65 bits per heavy atom. The van der Waals surface area contributed by atoms with Crippen molar-refractivity contribution in [2.75, 3.05) is 18.4 Å². The standard InChI is InChI=1S/C21H25N3O2/c1-15(2)26-18-9-7-17(8-10-18)24-21(25)14-22-12-11-16-13-23-20-6-4-3-5-19(16)20/h3-10,13,15,22-23H,11-12,14H2,1-2H3,(H,24,25). The minimum Gasteiger partial charge on any atom is -0.491 e. The van der Waals surface area contributed by atoms with Gasteiger partial charge in [-0.05, 0) is 62.7 Å². The van der Waals surface area contributed by atoms with Crippen LogP contribution in [0.15, 0.2) is 54.7 Å². The minimum absolute atomic E-state index is 0.0542. The van der Waals surface area contributed by atoms with E-state index in [2.05, 4.69) is 27.8 Å². The Morgan fingerprint density at radius 1 is 1.12 bits per heavy atom. The molecular weight excluding hydrogens is 326 g/mol. The predicted octanol–water partition coefficient (Wildman–Crippen LogP) is 3.73. The first-order valence-electron chi connectivity index (χ1n) is 8.94. The third-order valence-electron chi connectivity index (χ3n) is 4.04. The monoisotopic (exact) mass is 351 g/mol. The zero-order valence-corrected chi connectivity index (χ0v) is 15.2. The number of benzene rings is 2. The van der Waals surface area contributed by atoms with Crippen LogP contribution in [0.3, 0.4) is 0 Å². The van der Waals surface area contributed by atoms with Crippen molar-refractivity contribution in [2.45, 2.75) is 26.4 Å². The molecular formula is C21H25N3O2. The normalized spacial score (nSPS) is 11.0. The Bertz CT molecular complexity index is 853. The highest BCUT2D eigenvalue weighted by Gasteiger charge is 2.05. The topological polar surface area (TPSA) is 66.2 Å². The molecule has 0 fully saturated rings. The summed E-state index contributed by atoms with van der Waals surface area (Å²) in [7, 11) is 0. The van der Waals surface area contributed by atoms with Gasteiger partial charge in [-0.2, -0.15) is 0 Å². The van der Waals surface area contributed by atoms with E-state index in [1.165, 1.54) is 10.9 Å². The van der Waals surface area contributed by atoms with E-state index in [1.54, 1.807) is 0 Å². The SMILES string of the molecule is CC(C)Oc1ccc(NC(=O)CNCCc2c[nH]c3ccccc23)cc1. The van der Waals surface area contributed by atoms with E-state index in [4.69, 9.17) is 4.74 Å². The van der Waals surface area contributed by atoms with Crippen molar-refractivity contribution in [3.8, 4) is 5.75 Å². The fraction of sp³-hybridized carbons (Fsp3) is 0.286. The molecule has 0 aliphatic rings. The van der Waals surface area contributed by atoms with Gasteiger partial charge in [-0.1, -0.05) is 18.2 Å². The molecule has 0 atom stereocenters. The number of ether oxygens (including phenoxy) is 1. The van der Waals surface area contributed by atoms with Crippen molar-refractivity contribution in [2.24, 2.45) is 0 Å². The van der Waals surface area contributed by atoms with Crippen LogP contribution in [0, 0.1) is 0 Å². The predicted molar refractivity (Wildman–Crippen MR) is 106 cm³/mol. The molecule has 1 amide bonds. The molecule has 136 valence electrons. The van der Waals surface area contributed by atoms with Crippen molar-refractivity contribution in [3.05, 3.63) is 60.3 Å². The van der Waals surface area contributed by atoms with Crippen molar-refractivity contribution in [3.63, 3.8) is 0 Å². The molecule has 1 heterocycles. The lowest BCUT2D eigenvalue weighted by molar-refractivity contribution is -0.115. The summed E-state index contributed by atoms with van der Waals surface area (Å²) >= 11 is 0. The largest absolute Gasteiger partial charge is 0.491 e. The first-order valence-corrected chi connectivity index (χ1v) is 8.94. The number of carbonyl (C=O) groups is 1. The molecule has 0 saturated carbocycles. The Hall–Kier alpha value is -2.79. The van der Waals surface area contributed by atoms with Crippen molar-refractivity contribution < 1.29 is 9.53 Å². The summed E-state index contributed by atoms with van der Waals surface area (Å²) in [6.07, 6.45) is 3.04. The first-order chi connectivity index (χ1) is 12.6. The molecule has 1 aromatic heterocycles. The molecule has 3 aromatic rings. The number of aromatic nitrogens is 1. The van der Waals surface area contributed by atoms with Gasteiger partial charge in [0.2, 0.25) is 5.91 Å². The van der Waals surface area contributed by atoms with Crippen LogP contribution in [-0.4, -0.2) is 30.1 Å². The highest BCUT2D eigenvalue weighted by molar-refractivity contribution is 5.92. The lowest BCUT2D eigenvalue weighted by Gasteiger charge is -2.11. The number of fused-ring (bicyclic) bond motifs is 1. The number of para-hydroxylation sites is 1. The fourth-order valence-electron chi connectivity index (χ4n) is 2.86. The zero-order chi connectivity index (χ0) is 18.4. The molecule has 26 heavy (non-hydrogen) atoms. The smallest absolute Gasteiger partial charge is 0.238 e. The number of amides is 1. The second-order valence-corrected chi connectivity index (χ2v) is 6.53. The van der Waals surface area contributed by atoms with Gasteiger partial charge in [0.1, 0.15) is 5.75 Å². The number of hydrogen-bond donors (Lipinski definition) is 3. The molecule has 0 saturated heterocycles. The van der Waals surface area contributed by atoms with Crippen LogP contribution in [-0.2, 0) is 11.2 Å². The zero-order valence-electron chi connectivity index (χ0n) is 15.2. The Balaban J connectivity index is 1.41. The molecule has 3 rings (SSSR count). The molecule has 0 bridgehead atoms. The van der Waals surface area contributed by atoms with Gasteiger partial charge in [0.25, 0.3) is 0 Å². The van der Waals surface area contributed by atoms with Crippen LogP contribution < -0.4 is 15.4 Å². The summed E-state index contributed by atoms with van der Waals surface area (Å²) in [6, 6.07) is 15.7. The van der Waals surface area contributed by atoms with Gasteiger partial charge in [-0.3, -0.25) is 4.79 Å². The van der Waals surface area contributed by atoms with E-state index >= 15 is 0 Å². The van der Waals surface area contributed by atoms with E-state index in [0.29, 0.717) is 0 Å². The molecule has 2 aromatic carbocycles. The number of nitrogens with one attached hydrogen (secondary N) is 3. The van der Waals surface area contributed by atoms with Crippen molar-refractivity contribution >= 4 is 22.5 Å². The number of H-pyrrole nitrogens is 1. The Morgan fingerprint density at radius 2 is 1.88 bits per heavy atom. The number of rotatable bonds is 8. The van der Waals surface area contributed by atoms with E-state index in [9.17, 15) is 4.79 Å². The summed E-state index contributed by atoms with van der Waals surface area (Å²) in [5.74, 6) is 0.747. The fourth-order valence-corrected chi connectivity index (χ4v) is 2.86. The third-order valence-corrected chi connectivity index (χ3v) is 4.04. The maximum atomic E-state index is 12.0. The van der Waals surface area contributed by atoms with Gasteiger partial charge in [0.15, 0.2) is 0 Å². The van der Waals surface area contributed by atoms with Crippen LogP contribution >= 0.6 is 0 Å². The van der Waals surface area contributed by atoms with Gasteiger partial charge in [-0.25, -0.2) is 0 Å². The van der Waals surface area contributed by atoms with Gasteiger partial charge in [0.05, 0.1) is 12.6 Å². The minimum atomic E-state index is -0.0542. The first kappa shape index (κ1) is 18.0. The van der Waals surface area contributed by atoms with Crippen molar-refractivity contribution in [1.82, 2.24) is 10.3 Å². The molecule has 0 aliphatic carbocycles. The van der Waals surface area contributed by atoms with Crippen LogP contribution in [0.25, 0.3) is 10.9 Å². The van der Waals surface area contributed by atoms with Crippen LogP contribution in [0.2, 0.25) is 0 Å². The average Bonchev–Trinajstić information content (AvgIpc) is 3.03. The molecule has 0 unspecified atom stereocenters. The molecule has 0 aliphatic heterocycles. The van der Waals surface area contributed by atoms with Crippen molar-refractivity contribution in [1.29, 1.82) is 0 Å². The van der Waals surface area contributed by atoms with Gasteiger partial charge < -0.3 is 20.4 Å². The number of anilines is 1. The highest BCUT2D eigenvalue weighted by Crippen LogP contribution is 2.18. The Labute approximate surface area is 153 Å². The second-order valence-electron chi connectivity index (χ2n) is 6.53. The average molecular weight is 351 g/mol. The van der Waals surface area contributed by atoms with Crippen LogP contribution in [0.4, 0.5) is 5.69 Å². The molecule has 5 nitrogen and oxygen atoms in total. The quantitative estimate of drug-likeness (QED) is 0.542. The summed E-state index contributed by atoms with van der Waals surface area (Å²) < 4.78 is 5.59. The number of hydrogen-bond acceptors (Lipinski definition) is 3. The van der Waals surface area contributed by atoms with Gasteiger partial charge in [-0.15, -0.1) is 0 Å². The summed E-state index contributed by atoms with van der Waals surface area (Å²) in [4.78, 5) is 15.3. The van der Waals surface area contributed by atoms with E-state index in [-0.39, 0.29) is 18.6 Å². The lowest BCUT2D eigenvalue weighted by atomic mass is 10.1. The van der Waals surface area contributed by atoms with E-state index in [0.717, 1.165) is 29.9 Å². The number of aromatic amines is 1. The highest BCUT2D eigenvalue weighted by atomic mass is 16.5. The molecule has 5 heteroatoms. The molecule has 0 spiro atoms. The molecule has 3 N–H and O–H groups in total. The number of carbonyl (C=O) groups excluding carboxylic acids is 1. The summed E-state index contributed by atoms with van der Waals surface area (Å²) in [5.41, 5.74) is 3.17. The summed E-state index contributed by atoms with van der Waals surface area (Å²) in [5, 5.41) is 7.32. The lowest BCUT2D eigenvalue weighted by Crippen LogP contribution is -2.29.